The monoisotopic (exact) mass is 444 g/mol. The second kappa shape index (κ2) is 8.19. The van der Waals surface area contributed by atoms with Crippen LogP contribution in [0.25, 0.3) is 17.4 Å². The highest BCUT2D eigenvalue weighted by Gasteiger charge is 2.29. The molecule has 0 saturated heterocycles. The van der Waals surface area contributed by atoms with Gasteiger partial charge in [0.1, 0.15) is 11.5 Å². The maximum Gasteiger partial charge on any atom is 0.280 e. The summed E-state index contributed by atoms with van der Waals surface area (Å²) in [6.45, 7) is 5.36. The summed E-state index contributed by atoms with van der Waals surface area (Å²) in [5.41, 5.74) is 8.77. The van der Waals surface area contributed by atoms with Gasteiger partial charge in [-0.25, -0.2) is 0 Å². The van der Waals surface area contributed by atoms with Gasteiger partial charge < -0.3 is 10.2 Å². The number of benzene rings is 2. The average Bonchev–Trinajstić information content (AvgIpc) is 3.35. The number of primary amides is 1. The smallest absolute Gasteiger partial charge is 0.280 e. The molecule has 0 atom stereocenters. The zero-order valence-corrected chi connectivity index (χ0v) is 18.2. The number of aryl methyl sites for hydroxylation is 2. The zero-order valence-electron chi connectivity index (χ0n) is 18.2. The van der Waals surface area contributed by atoms with Gasteiger partial charge in [-0.1, -0.05) is 6.07 Å². The zero-order chi connectivity index (χ0) is 23.9. The number of hydrogen-bond acceptors (Lipinski definition) is 6. The van der Waals surface area contributed by atoms with Crippen LogP contribution in [0.3, 0.4) is 0 Å². The molecule has 4 rings (SSSR count). The molecule has 33 heavy (non-hydrogen) atoms. The summed E-state index contributed by atoms with van der Waals surface area (Å²) >= 11 is 0. The summed E-state index contributed by atoms with van der Waals surface area (Å²) in [5, 5.41) is 17.0. The Hall–Kier alpha value is -4.53. The van der Waals surface area contributed by atoms with Crippen molar-refractivity contribution in [1.29, 1.82) is 0 Å². The number of carbonyl (C=O) groups excluding carboxylic acids is 2. The fraction of sp³-hybridized carbons (Fsp3) is 0.125. The summed E-state index contributed by atoms with van der Waals surface area (Å²) in [5.74, 6) is -0.335. The molecule has 1 aliphatic rings. The van der Waals surface area contributed by atoms with E-state index in [1.165, 1.54) is 23.2 Å². The number of nitrogens with two attached hydrogens (primary N) is 1. The van der Waals surface area contributed by atoms with Gasteiger partial charge in [-0.15, -0.1) is 0 Å². The van der Waals surface area contributed by atoms with Gasteiger partial charge in [0.25, 0.3) is 11.6 Å². The molecular weight excluding hydrogens is 424 g/mol. The van der Waals surface area contributed by atoms with Gasteiger partial charge in [0.15, 0.2) is 0 Å². The Morgan fingerprint density at radius 3 is 2.55 bits per heavy atom. The van der Waals surface area contributed by atoms with Crippen LogP contribution in [0, 0.1) is 24.0 Å². The van der Waals surface area contributed by atoms with Crippen molar-refractivity contribution >= 4 is 35.0 Å². The number of rotatable bonds is 5. The van der Waals surface area contributed by atoms with Crippen LogP contribution in [0.5, 0.6) is 0 Å². The number of nitro groups is 1. The van der Waals surface area contributed by atoms with Gasteiger partial charge in [0.2, 0.25) is 5.91 Å². The minimum atomic E-state index is -0.608. The molecule has 1 aromatic heterocycles. The lowest BCUT2D eigenvalue weighted by Crippen LogP contribution is -2.22. The van der Waals surface area contributed by atoms with E-state index in [0.29, 0.717) is 34.1 Å². The molecule has 0 saturated carbocycles. The standard InChI is InChI=1S/C24H20N4O5/c1-13-9-20(21(28(31)32)10-14(13)2)22-8-7-18(33-22)12-19-15(3)26-27(24(19)30)17-6-4-5-16(11-17)23(25)29/h4-12H,1-3H3,(H2,25,29)/b19-12-. The van der Waals surface area contributed by atoms with Crippen molar-refractivity contribution in [3.63, 3.8) is 0 Å². The summed E-state index contributed by atoms with van der Waals surface area (Å²) < 4.78 is 5.84. The molecule has 0 spiro atoms. The minimum absolute atomic E-state index is 0.0538. The molecule has 2 aromatic carbocycles. The largest absolute Gasteiger partial charge is 0.456 e. The highest BCUT2D eigenvalue weighted by molar-refractivity contribution is 6.32. The van der Waals surface area contributed by atoms with Crippen LogP contribution in [0.1, 0.15) is 34.2 Å². The first-order chi connectivity index (χ1) is 15.7. The Kier molecular flexibility index (Phi) is 5.39. The van der Waals surface area contributed by atoms with E-state index in [1.807, 2.05) is 13.8 Å². The lowest BCUT2D eigenvalue weighted by Gasteiger charge is -2.12. The predicted molar refractivity (Wildman–Crippen MR) is 124 cm³/mol. The van der Waals surface area contributed by atoms with Crippen molar-refractivity contribution < 1.29 is 18.9 Å². The molecule has 2 N–H and O–H groups in total. The van der Waals surface area contributed by atoms with Crippen LogP contribution < -0.4 is 10.7 Å². The van der Waals surface area contributed by atoms with Crippen molar-refractivity contribution in [3.8, 4) is 11.3 Å². The van der Waals surface area contributed by atoms with Crippen LogP contribution in [0.4, 0.5) is 11.4 Å². The van der Waals surface area contributed by atoms with Crippen LogP contribution in [0.2, 0.25) is 0 Å². The van der Waals surface area contributed by atoms with Crippen LogP contribution in [0.15, 0.2) is 63.6 Å². The Labute approximate surface area is 189 Å². The average molecular weight is 444 g/mol. The van der Waals surface area contributed by atoms with Crippen molar-refractivity contribution in [1.82, 2.24) is 0 Å². The Morgan fingerprint density at radius 1 is 1.12 bits per heavy atom. The quantitative estimate of drug-likeness (QED) is 0.354. The molecule has 166 valence electrons. The molecule has 0 unspecified atom stereocenters. The van der Waals surface area contributed by atoms with Crippen LogP contribution in [-0.4, -0.2) is 22.4 Å². The third kappa shape index (κ3) is 4.03. The molecule has 3 aromatic rings. The maximum absolute atomic E-state index is 13.0. The number of amides is 2. The molecule has 0 aliphatic carbocycles. The van der Waals surface area contributed by atoms with Gasteiger partial charge >= 0.3 is 0 Å². The normalized spacial score (nSPS) is 14.6. The number of anilines is 1. The first-order valence-corrected chi connectivity index (χ1v) is 10.0. The topological polar surface area (TPSA) is 132 Å². The van der Waals surface area contributed by atoms with Gasteiger partial charge in [0, 0.05) is 11.6 Å². The lowest BCUT2D eigenvalue weighted by atomic mass is 10.0. The molecule has 0 bridgehead atoms. The third-order valence-corrected chi connectivity index (χ3v) is 5.43. The number of furan rings is 1. The van der Waals surface area contributed by atoms with Gasteiger partial charge in [0.05, 0.1) is 27.5 Å². The van der Waals surface area contributed by atoms with Gasteiger partial charge in [-0.05, 0) is 74.4 Å². The van der Waals surface area contributed by atoms with Gasteiger partial charge in [-0.2, -0.15) is 10.1 Å². The van der Waals surface area contributed by atoms with E-state index >= 15 is 0 Å². The maximum atomic E-state index is 13.0. The highest BCUT2D eigenvalue weighted by atomic mass is 16.6. The van der Waals surface area contributed by atoms with E-state index in [-0.39, 0.29) is 11.3 Å². The minimum Gasteiger partial charge on any atom is -0.456 e. The molecule has 0 radical (unpaired) electrons. The van der Waals surface area contributed by atoms with E-state index < -0.39 is 16.7 Å². The van der Waals surface area contributed by atoms with Crippen molar-refractivity contribution in [2.45, 2.75) is 20.8 Å². The molecule has 2 heterocycles. The summed E-state index contributed by atoms with van der Waals surface area (Å²) in [4.78, 5) is 35.5. The third-order valence-electron chi connectivity index (χ3n) is 5.43. The van der Waals surface area contributed by atoms with E-state index in [4.69, 9.17) is 10.2 Å². The Morgan fingerprint density at radius 2 is 1.85 bits per heavy atom. The number of nitro benzene ring substituents is 1. The van der Waals surface area contributed by atoms with E-state index in [2.05, 4.69) is 5.10 Å². The highest BCUT2D eigenvalue weighted by Crippen LogP contribution is 2.34. The van der Waals surface area contributed by atoms with Crippen LogP contribution >= 0.6 is 0 Å². The fourth-order valence-corrected chi connectivity index (χ4v) is 3.52. The molecule has 0 fully saturated rings. The SMILES string of the molecule is CC1=NN(c2cccc(C(N)=O)c2)C(=O)/C1=C\c1ccc(-c2cc(C)c(C)cc2[N+](=O)[O-])o1. The van der Waals surface area contributed by atoms with Crippen molar-refractivity contribution in [2.24, 2.45) is 10.8 Å². The van der Waals surface area contributed by atoms with Crippen molar-refractivity contribution in [3.05, 3.63) is 86.7 Å². The van der Waals surface area contributed by atoms with E-state index in [0.717, 1.165) is 11.1 Å². The first kappa shape index (κ1) is 21.7. The predicted octanol–water partition coefficient (Wildman–Crippen LogP) is 4.38. The number of carbonyl (C=O) groups is 2. The Balaban J connectivity index is 1.67. The molecule has 2 amide bonds. The number of nitrogens with zero attached hydrogens (tertiary/aromatic N) is 3. The van der Waals surface area contributed by atoms with Crippen LogP contribution in [-0.2, 0) is 4.79 Å². The fourth-order valence-electron chi connectivity index (χ4n) is 3.52. The summed E-state index contributed by atoms with van der Waals surface area (Å²) in [6.07, 6.45) is 1.54. The van der Waals surface area contributed by atoms with E-state index in [9.17, 15) is 19.7 Å². The summed E-state index contributed by atoms with van der Waals surface area (Å²) in [6, 6.07) is 12.8. The van der Waals surface area contributed by atoms with Crippen molar-refractivity contribution in [2.75, 3.05) is 5.01 Å². The van der Waals surface area contributed by atoms with Gasteiger partial charge in [-0.3, -0.25) is 19.7 Å². The summed E-state index contributed by atoms with van der Waals surface area (Å²) in [7, 11) is 0. The second-order valence-corrected chi connectivity index (χ2v) is 7.69. The molecule has 1 aliphatic heterocycles. The first-order valence-electron chi connectivity index (χ1n) is 10.0. The molecule has 9 nitrogen and oxygen atoms in total. The molecular formula is C24H20N4O5. The Bertz CT molecular complexity index is 1380. The lowest BCUT2D eigenvalue weighted by molar-refractivity contribution is -0.384. The second-order valence-electron chi connectivity index (χ2n) is 7.69. The molecule has 9 heteroatoms. The number of hydrogen-bond donors (Lipinski definition) is 1. The van der Waals surface area contributed by atoms with E-state index in [1.54, 1.807) is 43.3 Å². The number of hydrazone groups is 1.